The maximum atomic E-state index is 13.6. The van der Waals surface area contributed by atoms with Crippen molar-refractivity contribution in [2.45, 2.75) is 71.4 Å². The van der Waals surface area contributed by atoms with E-state index in [2.05, 4.69) is 16.3 Å². The number of benzene rings is 1. The van der Waals surface area contributed by atoms with E-state index in [1.165, 1.54) is 23.5 Å². The number of hydrogen-bond donors (Lipinski definition) is 1. The fourth-order valence-electron chi connectivity index (χ4n) is 7.09. The Morgan fingerprint density at radius 1 is 0.982 bits per heavy atom. The molecular weight excluding hydrogens is 720 g/mol. The average Bonchev–Trinajstić information content (AvgIpc) is 3.79. The summed E-state index contributed by atoms with van der Waals surface area (Å²) in [5.41, 5.74) is 4.06. The zero-order valence-electron chi connectivity index (χ0n) is 31.8. The molecule has 0 unspecified atom stereocenters. The molecule has 2 fully saturated rings. The van der Waals surface area contributed by atoms with Gasteiger partial charge in [0, 0.05) is 80.5 Å². The van der Waals surface area contributed by atoms with Crippen LogP contribution in [0.1, 0.15) is 63.9 Å². The first-order valence-electron chi connectivity index (χ1n) is 18.7. The van der Waals surface area contributed by atoms with Crippen LogP contribution >= 0.6 is 11.3 Å². The molecule has 6 heterocycles. The Kier molecular flexibility index (Phi) is 10.7. The number of amides is 2. The van der Waals surface area contributed by atoms with E-state index in [0.717, 1.165) is 28.3 Å². The van der Waals surface area contributed by atoms with Crippen molar-refractivity contribution < 1.29 is 18.7 Å². The van der Waals surface area contributed by atoms with Crippen LogP contribution in [0.4, 0.5) is 26.1 Å². The molecule has 0 radical (unpaired) electrons. The molecule has 0 spiro atoms. The lowest BCUT2D eigenvalue weighted by Crippen LogP contribution is -2.50. The Morgan fingerprint density at radius 2 is 1.65 bits per heavy atom. The molecule has 1 N–H and O–H groups in total. The van der Waals surface area contributed by atoms with Crippen molar-refractivity contribution in [2.75, 3.05) is 43.0 Å². The van der Waals surface area contributed by atoms with E-state index in [-0.39, 0.29) is 29.8 Å². The second-order valence-electron chi connectivity index (χ2n) is 15.0. The van der Waals surface area contributed by atoms with Crippen LogP contribution in [-0.4, -0.2) is 86.1 Å². The molecule has 7 rings (SSSR count). The highest BCUT2D eigenvalue weighted by molar-refractivity contribution is 7.16. The number of halogens is 1. The number of imidazole rings is 1. The lowest BCUT2D eigenvalue weighted by Gasteiger charge is -2.35. The Labute approximate surface area is 323 Å². The predicted octanol–water partition coefficient (Wildman–Crippen LogP) is 6.99. The number of rotatable bonds is 8. The quantitative estimate of drug-likeness (QED) is 0.176. The number of piperidine rings is 2. The van der Waals surface area contributed by atoms with Crippen LogP contribution < -0.4 is 15.1 Å². The molecule has 4 aromatic heterocycles. The third-order valence-electron chi connectivity index (χ3n) is 10.1. The van der Waals surface area contributed by atoms with Crippen LogP contribution in [0.5, 0.6) is 0 Å². The summed E-state index contributed by atoms with van der Waals surface area (Å²) in [6.07, 6.45) is 8.88. The van der Waals surface area contributed by atoms with Gasteiger partial charge in [0.15, 0.2) is 5.13 Å². The van der Waals surface area contributed by atoms with Gasteiger partial charge in [0.05, 0.1) is 5.69 Å². The van der Waals surface area contributed by atoms with Crippen molar-refractivity contribution >= 4 is 45.9 Å². The van der Waals surface area contributed by atoms with Crippen LogP contribution in [0.25, 0.3) is 28.0 Å². The van der Waals surface area contributed by atoms with Crippen molar-refractivity contribution in [1.29, 1.82) is 5.26 Å². The molecule has 2 aliphatic rings. The fraction of sp³-hybridized carbons (Fsp3) is 0.425. The molecule has 15 heteroatoms. The van der Waals surface area contributed by atoms with E-state index < -0.39 is 5.60 Å². The second-order valence-corrected chi connectivity index (χ2v) is 16.0. The molecule has 2 amide bonds. The van der Waals surface area contributed by atoms with Crippen LogP contribution in [0, 0.1) is 23.1 Å². The molecule has 55 heavy (non-hydrogen) atoms. The van der Waals surface area contributed by atoms with Gasteiger partial charge >= 0.3 is 6.09 Å². The Hall–Kier alpha value is -5.62. The number of anilines is 3. The van der Waals surface area contributed by atoms with Crippen LogP contribution in [-0.2, 0) is 16.0 Å². The molecular formula is C40H45FN10O3S. The van der Waals surface area contributed by atoms with Crippen LogP contribution in [0.2, 0.25) is 0 Å². The van der Waals surface area contributed by atoms with Crippen molar-refractivity contribution in [3.05, 3.63) is 71.4 Å². The fourth-order valence-corrected chi connectivity index (χ4v) is 7.94. The first kappa shape index (κ1) is 37.7. The van der Waals surface area contributed by atoms with Crippen molar-refractivity contribution in [1.82, 2.24) is 34.6 Å². The summed E-state index contributed by atoms with van der Waals surface area (Å²) in [5.74, 6) is 1.11. The van der Waals surface area contributed by atoms with Gasteiger partial charge in [-0.25, -0.2) is 29.1 Å². The van der Waals surface area contributed by atoms with E-state index in [4.69, 9.17) is 24.7 Å². The van der Waals surface area contributed by atoms with Gasteiger partial charge in [0.25, 0.3) is 0 Å². The number of fused-ring (bicyclic) bond motifs is 1. The number of pyridine rings is 1. The highest BCUT2D eigenvalue weighted by atomic mass is 32.1. The first-order valence-corrected chi connectivity index (χ1v) is 19.5. The minimum absolute atomic E-state index is 0.0520. The number of ether oxygens (including phenoxy) is 1. The van der Waals surface area contributed by atoms with Gasteiger partial charge in [-0.05, 0) is 89.3 Å². The second kappa shape index (κ2) is 15.6. The molecule has 0 atom stereocenters. The Morgan fingerprint density at radius 3 is 2.29 bits per heavy atom. The number of aryl methyl sites for hydroxylation is 1. The summed E-state index contributed by atoms with van der Waals surface area (Å²) in [7, 11) is 1.91. The van der Waals surface area contributed by atoms with Gasteiger partial charge in [-0.1, -0.05) is 18.3 Å². The maximum absolute atomic E-state index is 13.6. The van der Waals surface area contributed by atoms with Gasteiger partial charge in [-0.15, -0.1) is 0 Å². The highest BCUT2D eigenvalue weighted by Gasteiger charge is 2.31. The molecule has 286 valence electrons. The van der Waals surface area contributed by atoms with Gasteiger partial charge in [0.1, 0.15) is 39.5 Å². The van der Waals surface area contributed by atoms with Crippen molar-refractivity contribution in [3.63, 3.8) is 0 Å². The minimum atomic E-state index is -0.531. The lowest BCUT2D eigenvalue weighted by molar-refractivity contribution is -0.126. The number of thiazole rings is 1. The zero-order chi connectivity index (χ0) is 38.9. The van der Waals surface area contributed by atoms with Gasteiger partial charge < -0.3 is 24.8 Å². The summed E-state index contributed by atoms with van der Waals surface area (Å²) in [4.78, 5) is 50.9. The van der Waals surface area contributed by atoms with E-state index in [9.17, 15) is 19.2 Å². The maximum Gasteiger partial charge on any atom is 0.410 e. The number of nitrogens with one attached hydrogen (secondary N) is 1. The molecule has 13 nitrogen and oxygen atoms in total. The molecule has 1 aromatic carbocycles. The summed E-state index contributed by atoms with van der Waals surface area (Å²) in [6, 6.07) is 12.3. The van der Waals surface area contributed by atoms with Crippen LogP contribution in [0.15, 0.2) is 55.0 Å². The zero-order valence-corrected chi connectivity index (χ0v) is 32.6. The van der Waals surface area contributed by atoms with Gasteiger partial charge in [-0.3, -0.25) is 9.20 Å². The summed E-state index contributed by atoms with van der Waals surface area (Å²) in [6.45, 7) is 10.1. The number of aromatic nitrogens is 5. The van der Waals surface area contributed by atoms with Crippen LogP contribution in [0.3, 0.4) is 0 Å². The smallest absolute Gasteiger partial charge is 0.410 e. The molecule has 5 aromatic rings. The van der Waals surface area contributed by atoms with Crippen molar-refractivity contribution in [2.24, 2.45) is 5.92 Å². The number of hydrogen-bond acceptors (Lipinski definition) is 11. The third kappa shape index (κ3) is 8.24. The topological polar surface area (TPSA) is 145 Å². The van der Waals surface area contributed by atoms with Gasteiger partial charge in [0.2, 0.25) is 11.9 Å². The van der Waals surface area contributed by atoms with E-state index in [1.807, 2.05) is 74.8 Å². The van der Waals surface area contributed by atoms with E-state index in [1.54, 1.807) is 17.0 Å². The monoisotopic (exact) mass is 764 g/mol. The normalized spacial score (nSPS) is 15.6. The number of carbonyl (C=O) groups excluding carboxylic acids is 2. The Bertz CT molecular complexity index is 2210. The molecule has 0 bridgehead atoms. The van der Waals surface area contributed by atoms with E-state index in [0.29, 0.717) is 85.5 Å². The van der Waals surface area contributed by atoms with E-state index >= 15 is 0 Å². The van der Waals surface area contributed by atoms with Crippen molar-refractivity contribution in [3.8, 4) is 28.5 Å². The molecule has 0 aliphatic carbocycles. The molecule has 2 aliphatic heterocycles. The number of carbonyl (C=O) groups is 2. The lowest BCUT2D eigenvalue weighted by atomic mass is 9.95. The minimum Gasteiger partial charge on any atom is -0.444 e. The largest absolute Gasteiger partial charge is 0.444 e. The molecule has 2 saturated heterocycles. The SMILES string of the molecule is CCc1nc2ccc(-c3cnc(N4CCC(C(=O)NC5CCN(C(=O)OC(C)(C)C)CC5)CC4)nc3)cn2c1N(C)c1nc(-c2ccc(F)cc2)c(C#N)s1. The third-order valence-corrected chi connectivity index (χ3v) is 11.1. The number of nitriles is 1. The average molecular weight is 765 g/mol. The standard InChI is InChI=1S/C40H45FN10O3S/c1-6-31-36(48(5)38-47-34(32(21-42)55-38)25-7-10-29(41)11-8-25)51-24-27(9-12-33(51)46-31)28-22-43-37(44-23-28)49-17-13-26(14-18-49)35(52)45-30-15-19-50(20-16-30)39(53)54-40(2,3)4/h7-12,22-24,26,30H,6,13-20H2,1-5H3,(H,45,52). The van der Waals surface area contributed by atoms with Gasteiger partial charge in [-0.2, -0.15) is 5.26 Å². The highest BCUT2D eigenvalue weighted by Crippen LogP contribution is 2.37. The summed E-state index contributed by atoms with van der Waals surface area (Å²) >= 11 is 1.28. The Balaban J connectivity index is 0.991. The predicted molar refractivity (Wildman–Crippen MR) is 210 cm³/mol. The summed E-state index contributed by atoms with van der Waals surface area (Å²) < 4.78 is 21.1. The summed E-state index contributed by atoms with van der Waals surface area (Å²) in [5, 5.41) is 13.7. The molecule has 0 saturated carbocycles. The number of likely N-dealkylation sites (tertiary alicyclic amines) is 1. The first-order chi connectivity index (χ1) is 26.4. The number of nitrogens with zero attached hydrogens (tertiary/aromatic N) is 9.